The Morgan fingerprint density at radius 1 is 1.21 bits per heavy atom. The van der Waals surface area contributed by atoms with Gasteiger partial charge in [-0.1, -0.05) is 30.3 Å². The molecule has 1 saturated heterocycles. The number of halogens is 1. The van der Waals surface area contributed by atoms with Crippen molar-refractivity contribution in [1.82, 2.24) is 9.88 Å². The fourth-order valence-electron chi connectivity index (χ4n) is 4.24. The highest BCUT2D eigenvalue weighted by atomic mass is 19.1. The largest absolute Gasteiger partial charge is 0.376 e. The third kappa shape index (κ3) is 5.57. The van der Waals surface area contributed by atoms with Crippen molar-refractivity contribution in [3.8, 4) is 0 Å². The zero-order chi connectivity index (χ0) is 23.4. The maximum absolute atomic E-state index is 13.5. The van der Waals surface area contributed by atoms with Crippen LogP contribution < -0.4 is 4.90 Å². The van der Waals surface area contributed by atoms with Crippen LogP contribution in [0.4, 0.5) is 10.2 Å². The van der Waals surface area contributed by atoms with Gasteiger partial charge in [-0.2, -0.15) is 0 Å². The number of nitrogens with zero attached hydrogens (tertiary/aromatic N) is 3. The minimum atomic E-state index is -0.325. The topological polar surface area (TPSA) is 45.7 Å². The van der Waals surface area contributed by atoms with Crippen molar-refractivity contribution in [3.63, 3.8) is 0 Å². The van der Waals surface area contributed by atoms with Crippen LogP contribution in [0, 0.1) is 12.7 Å². The molecule has 0 radical (unpaired) electrons. The van der Waals surface area contributed by atoms with E-state index in [0.717, 1.165) is 47.3 Å². The Morgan fingerprint density at radius 3 is 2.76 bits per heavy atom. The van der Waals surface area contributed by atoms with Crippen LogP contribution in [-0.2, 0) is 16.1 Å². The number of pyridine rings is 1. The Bertz CT molecular complexity index is 1170. The van der Waals surface area contributed by atoms with E-state index in [0.29, 0.717) is 18.7 Å². The molecule has 1 amide bonds. The maximum Gasteiger partial charge on any atom is 0.246 e. The normalized spacial score (nSPS) is 15.9. The van der Waals surface area contributed by atoms with Crippen molar-refractivity contribution >= 4 is 28.7 Å². The van der Waals surface area contributed by atoms with Gasteiger partial charge < -0.3 is 14.5 Å². The van der Waals surface area contributed by atoms with Crippen LogP contribution in [-0.4, -0.2) is 49.1 Å². The molecular weight excluding hydrogens is 417 g/mol. The third-order valence-electron chi connectivity index (χ3n) is 5.92. The minimum Gasteiger partial charge on any atom is -0.376 e. The van der Waals surface area contributed by atoms with E-state index in [9.17, 15) is 9.18 Å². The summed E-state index contributed by atoms with van der Waals surface area (Å²) in [5.74, 6) is 0.383. The number of aromatic nitrogens is 1. The van der Waals surface area contributed by atoms with Crippen LogP contribution >= 0.6 is 0 Å². The molecule has 2 aromatic carbocycles. The number of amides is 1. The second-order valence-corrected chi connectivity index (χ2v) is 8.75. The molecule has 4 rings (SSSR count). The number of aryl methyl sites for hydroxylation is 1. The van der Waals surface area contributed by atoms with Crippen molar-refractivity contribution in [1.29, 1.82) is 0 Å². The van der Waals surface area contributed by atoms with Crippen LogP contribution in [0.1, 0.15) is 29.5 Å². The molecule has 1 atom stereocenters. The molecule has 1 unspecified atom stereocenters. The van der Waals surface area contributed by atoms with Crippen LogP contribution in [0.25, 0.3) is 17.0 Å². The first-order valence-electron chi connectivity index (χ1n) is 11.3. The number of carbonyl (C=O) groups is 1. The molecule has 0 aliphatic carbocycles. The molecule has 0 bridgehead atoms. The lowest BCUT2D eigenvalue weighted by molar-refractivity contribution is -0.128. The first kappa shape index (κ1) is 22.9. The summed E-state index contributed by atoms with van der Waals surface area (Å²) in [6.07, 6.45) is 5.13. The molecule has 2 heterocycles. The van der Waals surface area contributed by atoms with Gasteiger partial charge in [0.1, 0.15) is 11.6 Å². The molecule has 1 aliphatic heterocycles. The summed E-state index contributed by atoms with van der Waals surface area (Å²) in [4.78, 5) is 22.0. The molecule has 1 fully saturated rings. The van der Waals surface area contributed by atoms with Gasteiger partial charge in [-0.3, -0.25) is 4.79 Å². The molecule has 0 spiro atoms. The number of hydrogen-bond acceptors (Lipinski definition) is 4. The SMILES string of the molecule is Cc1cccc2cc(CN(CC3CCCO3)C(=O)/C=C/c3cccc(F)c3)c(N(C)C)nc12. The van der Waals surface area contributed by atoms with Crippen molar-refractivity contribution in [2.24, 2.45) is 0 Å². The van der Waals surface area contributed by atoms with Crippen molar-refractivity contribution in [3.05, 3.63) is 77.1 Å². The second kappa shape index (κ2) is 10.1. The highest BCUT2D eigenvalue weighted by molar-refractivity contribution is 5.92. The lowest BCUT2D eigenvalue weighted by Crippen LogP contribution is -2.36. The van der Waals surface area contributed by atoms with Crippen LogP contribution in [0.5, 0.6) is 0 Å². The summed E-state index contributed by atoms with van der Waals surface area (Å²) in [5.41, 5.74) is 3.71. The van der Waals surface area contributed by atoms with Crippen LogP contribution in [0.2, 0.25) is 0 Å². The number of rotatable bonds is 7. The Hall–Kier alpha value is -3.25. The molecule has 3 aromatic rings. The summed E-state index contributed by atoms with van der Waals surface area (Å²) in [6.45, 7) is 3.70. The van der Waals surface area contributed by atoms with Crippen LogP contribution in [0.3, 0.4) is 0 Å². The van der Waals surface area contributed by atoms with Gasteiger partial charge in [0.2, 0.25) is 5.91 Å². The zero-order valence-corrected chi connectivity index (χ0v) is 19.4. The van der Waals surface area contributed by atoms with E-state index >= 15 is 0 Å². The van der Waals surface area contributed by atoms with E-state index < -0.39 is 0 Å². The fourth-order valence-corrected chi connectivity index (χ4v) is 4.24. The summed E-state index contributed by atoms with van der Waals surface area (Å²) in [5, 5.41) is 1.05. The van der Waals surface area contributed by atoms with E-state index in [-0.39, 0.29) is 17.8 Å². The number of anilines is 1. The molecular formula is C27H30FN3O2. The van der Waals surface area contributed by atoms with Gasteiger partial charge in [-0.25, -0.2) is 9.37 Å². The van der Waals surface area contributed by atoms with E-state index in [2.05, 4.69) is 19.1 Å². The van der Waals surface area contributed by atoms with Crippen molar-refractivity contribution in [2.45, 2.75) is 32.4 Å². The molecule has 33 heavy (non-hydrogen) atoms. The average Bonchev–Trinajstić information content (AvgIpc) is 3.30. The van der Waals surface area contributed by atoms with Gasteiger partial charge in [0.05, 0.1) is 11.6 Å². The lowest BCUT2D eigenvalue weighted by Gasteiger charge is -2.27. The highest BCUT2D eigenvalue weighted by Gasteiger charge is 2.23. The van der Waals surface area contributed by atoms with Gasteiger partial charge in [-0.15, -0.1) is 0 Å². The summed E-state index contributed by atoms with van der Waals surface area (Å²) in [6, 6.07) is 14.5. The van der Waals surface area contributed by atoms with E-state index in [1.807, 2.05) is 31.1 Å². The van der Waals surface area contributed by atoms with Crippen molar-refractivity contribution in [2.75, 3.05) is 32.1 Å². The number of ether oxygens (including phenoxy) is 1. The highest BCUT2D eigenvalue weighted by Crippen LogP contribution is 2.26. The van der Waals surface area contributed by atoms with Gasteiger partial charge in [0.25, 0.3) is 0 Å². The predicted octanol–water partition coefficient (Wildman–Crippen LogP) is 4.97. The van der Waals surface area contributed by atoms with Gasteiger partial charge in [0.15, 0.2) is 0 Å². The molecule has 1 aliphatic rings. The van der Waals surface area contributed by atoms with Crippen molar-refractivity contribution < 1.29 is 13.9 Å². The first-order chi connectivity index (χ1) is 15.9. The minimum absolute atomic E-state index is 0.0231. The predicted molar refractivity (Wildman–Crippen MR) is 131 cm³/mol. The maximum atomic E-state index is 13.5. The molecule has 1 aromatic heterocycles. The van der Waals surface area contributed by atoms with E-state index in [4.69, 9.17) is 9.72 Å². The van der Waals surface area contributed by atoms with E-state index in [1.165, 1.54) is 18.2 Å². The standard InChI is InChI=1S/C27H30FN3O2/c1-19-7-4-9-21-16-22(27(30(2)3)29-26(19)21)17-31(18-24-11-6-14-33-24)25(32)13-12-20-8-5-10-23(28)15-20/h4-5,7-10,12-13,15-16,24H,6,11,14,17-18H2,1-3H3/b13-12+. The Kier molecular flexibility index (Phi) is 7.04. The smallest absolute Gasteiger partial charge is 0.246 e. The van der Waals surface area contributed by atoms with Gasteiger partial charge >= 0.3 is 0 Å². The average molecular weight is 448 g/mol. The molecule has 0 saturated carbocycles. The Balaban J connectivity index is 1.65. The quantitative estimate of drug-likeness (QED) is 0.480. The first-order valence-corrected chi connectivity index (χ1v) is 11.3. The third-order valence-corrected chi connectivity index (χ3v) is 5.92. The molecule has 6 heteroatoms. The van der Waals surface area contributed by atoms with Crippen LogP contribution in [0.15, 0.2) is 54.6 Å². The molecule has 172 valence electrons. The number of para-hydroxylation sites is 1. The second-order valence-electron chi connectivity index (χ2n) is 8.75. The Labute approximate surface area is 194 Å². The summed E-state index contributed by atoms with van der Waals surface area (Å²) in [7, 11) is 3.93. The number of hydrogen-bond donors (Lipinski definition) is 0. The Morgan fingerprint density at radius 2 is 2.03 bits per heavy atom. The number of benzene rings is 2. The van der Waals surface area contributed by atoms with E-state index in [1.54, 1.807) is 23.1 Å². The zero-order valence-electron chi connectivity index (χ0n) is 19.4. The fraction of sp³-hybridized carbons (Fsp3) is 0.333. The lowest BCUT2D eigenvalue weighted by atomic mass is 10.1. The van der Waals surface area contributed by atoms with Gasteiger partial charge in [0, 0.05) is 50.8 Å². The monoisotopic (exact) mass is 447 g/mol. The molecule has 5 nitrogen and oxygen atoms in total. The summed E-state index contributed by atoms with van der Waals surface area (Å²) < 4.78 is 19.3. The summed E-state index contributed by atoms with van der Waals surface area (Å²) >= 11 is 0. The number of carbonyl (C=O) groups excluding carboxylic acids is 1. The molecule has 0 N–H and O–H groups in total. The van der Waals surface area contributed by atoms with Gasteiger partial charge in [-0.05, 0) is 55.2 Å². The number of fused-ring (bicyclic) bond motifs is 1.